The van der Waals surface area contributed by atoms with E-state index in [1.165, 1.54) is 3.57 Å². The van der Waals surface area contributed by atoms with Crippen molar-refractivity contribution in [1.29, 1.82) is 0 Å². The van der Waals surface area contributed by atoms with Crippen LogP contribution in [0.1, 0.15) is 6.92 Å². The third-order valence-electron chi connectivity index (χ3n) is 1.62. The zero-order chi connectivity index (χ0) is 9.68. The van der Waals surface area contributed by atoms with E-state index >= 15 is 0 Å². The highest BCUT2D eigenvalue weighted by molar-refractivity contribution is 14.1. The highest BCUT2D eigenvalue weighted by Gasteiger charge is 1.96. The van der Waals surface area contributed by atoms with Crippen LogP contribution < -0.4 is 5.32 Å². The first-order chi connectivity index (χ1) is 6.24. The van der Waals surface area contributed by atoms with Crippen molar-refractivity contribution in [1.82, 2.24) is 0 Å². The third kappa shape index (κ3) is 3.56. The van der Waals surface area contributed by atoms with Crippen LogP contribution in [0.2, 0.25) is 0 Å². The molecule has 0 spiro atoms. The van der Waals surface area contributed by atoms with Gasteiger partial charge in [-0.3, -0.25) is 0 Å². The number of rotatable bonds is 3. The van der Waals surface area contributed by atoms with Crippen molar-refractivity contribution < 1.29 is 0 Å². The van der Waals surface area contributed by atoms with Crippen LogP contribution in [-0.2, 0) is 0 Å². The minimum atomic E-state index is 0.795. The van der Waals surface area contributed by atoms with Gasteiger partial charge in [0.05, 0.1) is 0 Å². The van der Waals surface area contributed by atoms with Crippen molar-refractivity contribution in [3.63, 3.8) is 0 Å². The first kappa shape index (κ1) is 10.9. The lowest BCUT2D eigenvalue weighted by atomic mass is 10.3. The fraction of sp³-hybridized carbons (Fsp3) is 0.200. The maximum absolute atomic E-state index is 5.55. The van der Waals surface area contributed by atoms with Crippen LogP contribution in [0.15, 0.2) is 35.4 Å². The minimum absolute atomic E-state index is 0.795. The van der Waals surface area contributed by atoms with Crippen LogP contribution in [0, 0.1) is 3.57 Å². The van der Waals surface area contributed by atoms with E-state index < -0.39 is 0 Å². The molecule has 1 nitrogen and oxygen atoms in total. The Balaban J connectivity index is 2.60. The number of halogens is 2. The van der Waals surface area contributed by atoms with Gasteiger partial charge in [0.2, 0.25) is 0 Å². The lowest BCUT2D eigenvalue weighted by Gasteiger charge is -2.07. The van der Waals surface area contributed by atoms with Crippen molar-refractivity contribution >= 4 is 39.9 Å². The maximum Gasteiger partial charge on any atom is 0.0478 e. The predicted octanol–water partition coefficient (Wildman–Crippen LogP) is 3.85. The van der Waals surface area contributed by atoms with Crippen LogP contribution in [0.4, 0.5) is 5.69 Å². The Bertz CT molecular complexity index is 310. The van der Waals surface area contributed by atoms with Gasteiger partial charge in [-0.25, -0.2) is 0 Å². The van der Waals surface area contributed by atoms with E-state index in [1.54, 1.807) is 5.54 Å². The zero-order valence-corrected chi connectivity index (χ0v) is 10.3. The summed E-state index contributed by atoms with van der Waals surface area (Å²) in [6.45, 7) is 2.79. The summed E-state index contributed by atoms with van der Waals surface area (Å²) in [5.74, 6) is 0. The average Bonchev–Trinajstić information content (AvgIpc) is 2.16. The summed E-state index contributed by atoms with van der Waals surface area (Å²) in [6.07, 6.45) is 0. The molecule has 0 aliphatic carbocycles. The molecule has 70 valence electrons. The Morgan fingerprint density at radius 1 is 1.54 bits per heavy atom. The smallest absolute Gasteiger partial charge is 0.0478 e. The molecule has 0 aliphatic heterocycles. The molecule has 0 radical (unpaired) electrons. The van der Waals surface area contributed by atoms with E-state index in [9.17, 15) is 0 Å². The fourth-order valence-electron chi connectivity index (χ4n) is 0.878. The average molecular weight is 308 g/mol. The van der Waals surface area contributed by atoms with Gasteiger partial charge in [0.25, 0.3) is 0 Å². The standard InChI is InChI=1S/C10H11ClIN/c1-8(6-11)7-13-10-5-3-2-4-9(10)12/h2-6,13H,7H2,1H3/b8-6-. The molecule has 0 aromatic heterocycles. The number of hydrogen-bond donors (Lipinski definition) is 1. The molecule has 13 heavy (non-hydrogen) atoms. The number of anilines is 1. The van der Waals surface area contributed by atoms with Crippen molar-refractivity contribution in [2.75, 3.05) is 11.9 Å². The highest BCUT2D eigenvalue weighted by Crippen LogP contribution is 2.17. The quantitative estimate of drug-likeness (QED) is 0.837. The summed E-state index contributed by atoms with van der Waals surface area (Å²) >= 11 is 7.86. The first-order valence-corrected chi connectivity index (χ1v) is 5.50. The third-order valence-corrected chi connectivity index (χ3v) is 2.93. The van der Waals surface area contributed by atoms with E-state index in [1.807, 2.05) is 19.1 Å². The van der Waals surface area contributed by atoms with Crippen molar-refractivity contribution in [3.05, 3.63) is 38.9 Å². The molecule has 0 heterocycles. The van der Waals surface area contributed by atoms with Gasteiger partial charge in [0.1, 0.15) is 0 Å². The zero-order valence-electron chi connectivity index (χ0n) is 7.35. The summed E-state index contributed by atoms with van der Waals surface area (Å²) in [5.41, 5.74) is 3.88. The van der Waals surface area contributed by atoms with E-state index in [0.29, 0.717) is 0 Å². The van der Waals surface area contributed by atoms with Gasteiger partial charge in [-0.2, -0.15) is 0 Å². The second-order valence-electron chi connectivity index (χ2n) is 2.79. The molecule has 0 bridgehead atoms. The van der Waals surface area contributed by atoms with E-state index in [0.717, 1.165) is 17.8 Å². The van der Waals surface area contributed by atoms with Crippen molar-refractivity contribution in [3.8, 4) is 0 Å². The van der Waals surface area contributed by atoms with Crippen LogP contribution in [0.25, 0.3) is 0 Å². The molecule has 3 heteroatoms. The van der Waals surface area contributed by atoms with Gasteiger partial charge in [-0.1, -0.05) is 23.7 Å². The summed E-state index contributed by atoms with van der Waals surface area (Å²) in [7, 11) is 0. The van der Waals surface area contributed by atoms with Crippen molar-refractivity contribution in [2.24, 2.45) is 0 Å². The molecule has 1 aromatic carbocycles. The SMILES string of the molecule is C/C(=C/Cl)CNc1ccccc1I. The van der Waals surface area contributed by atoms with Crippen LogP contribution in [0.5, 0.6) is 0 Å². The van der Waals surface area contributed by atoms with Gasteiger partial charge in [-0.05, 0) is 47.2 Å². The van der Waals surface area contributed by atoms with Gasteiger partial charge < -0.3 is 5.32 Å². The Hall–Kier alpha value is -0.220. The Labute approximate surface area is 97.3 Å². The van der Waals surface area contributed by atoms with Gasteiger partial charge in [0.15, 0.2) is 0 Å². The molecule has 1 N–H and O–H groups in total. The largest absolute Gasteiger partial charge is 0.380 e. The monoisotopic (exact) mass is 307 g/mol. The molecule has 0 unspecified atom stereocenters. The summed E-state index contributed by atoms with van der Waals surface area (Å²) in [6, 6.07) is 8.17. The van der Waals surface area contributed by atoms with Gasteiger partial charge in [0, 0.05) is 21.3 Å². The molecular weight excluding hydrogens is 296 g/mol. The molecule has 0 saturated heterocycles. The first-order valence-electron chi connectivity index (χ1n) is 3.98. The van der Waals surface area contributed by atoms with E-state index in [4.69, 9.17) is 11.6 Å². The van der Waals surface area contributed by atoms with Crippen molar-refractivity contribution in [2.45, 2.75) is 6.92 Å². The highest BCUT2D eigenvalue weighted by atomic mass is 127. The lowest BCUT2D eigenvalue weighted by Crippen LogP contribution is -2.03. The second-order valence-corrected chi connectivity index (χ2v) is 4.17. The van der Waals surface area contributed by atoms with Crippen LogP contribution >= 0.6 is 34.2 Å². The molecule has 0 saturated carbocycles. The topological polar surface area (TPSA) is 12.0 Å². The Morgan fingerprint density at radius 3 is 2.85 bits per heavy atom. The number of benzene rings is 1. The van der Waals surface area contributed by atoms with Gasteiger partial charge in [-0.15, -0.1) is 0 Å². The molecule has 1 aromatic rings. The Kier molecular flexibility index (Phi) is 4.59. The maximum atomic E-state index is 5.55. The Morgan fingerprint density at radius 2 is 2.23 bits per heavy atom. The summed E-state index contributed by atoms with van der Waals surface area (Å²) < 4.78 is 1.22. The molecule has 0 atom stereocenters. The number of hydrogen-bond acceptors (Lipinski definition) is 1. The lowest BCUT2D eigenvalue weighted by molar-refractivity contribution is 1.21. The fourth-order valence-corrected chi connectivity index (χ4v) is 1.53. The number of nitrogens with one attached hydrogen (secondary N) is 1. The molecule has 1 rings (SSSR count). The van der Waals surface area contributed by atoms with Gasteiger partial charge >= 0.3 is 0 Å². The molecular formula is C10H11ClIN. The molecule has 0 aliphatic rings. The minimum Gasteiger partial charge on any atom is -0.380 e. The molecule has 0 amide bonds. The number of para-hydroxylation sites is 1. The van der Waals surface area contributed by atoms with E-state index in [2.05, 4.69) is 40.0 Å². The summed E-state index contributed by atoms with van der Waals surface area (Å²) in [5, 5.41) is 3.30. The molecule has 0 fully saturated rings. The van der Waals surface area contributed by atoms with E-state index in [-0.39, 0.29) is 0 Å². The van der Waals surface area contributed by atoms with Crippen LogP contribution in [-0.4, -0.2) is 6.54 Å². The predicted molar refractivity (Wildman–Crippen MR) is 67.3 cm³/mol. The normalized spacial score (nSPS) is 11.5. The van der Waals surface area contributed by atoms with Crippen LogP contribution in [0.3, 0.4) is 0 Å². The second kappa shape index (κ2) is 5.50. The summed E-state index contributed by atoms with van der Waals surface area (Å²) in [4.78, 5) is 0.